The number of alkyl halides is 3. The molecule has 1 aliphatic heterocycles. The largest absolute Gasteiger partial charge is 0.494 e. The van der Waals surface area contributed by atoms with Crippen LogP contribution in [0.2, 0.25) is 0 Å². The van der Waals surface area contributed by atoms with E-state index < -0.39 is 30.5 Å². The Kier molecular flexibility index (Phi) is 4.96. The summed E-state index contributed by atoms with van der Waals surface area (Å²) >= 11 is 0. The van der Waals surface area contributed by atoms with Crippen molar-refractivity contribution < 1.29 is 22.5 Å². The van der Waals surface area contributed by atoms with E-state index in [1.807, 2.05) is 33.8 Å². The number of nitrogens with two attached hydrogens (primary N) is 1. The molecule has 3 rings (SSSR count). The smallest absolute Gasteiger partial charge is 0.399 e. The fourth-order valence-corrected chi connectivity index (χ4v) is 2.97. The molecule has 2 N–H and O–H groups in total. The minimum absolute atomic E-state index is 0.0931. The monoisotopic (exact) mass is 406 g/mol. The first-order chi connectivity index (χ1) is 13.3. The van der Waals surface area contributed by atoms with Crippen LogP contribution in [0.5, 0.6) is 0 Å². The van der Waals surface area contributed by atoms with Crippen LogP contribution in [0, 0.1) is 11.3 Å². The lowest BCUT2D eigenvalue weighted by atomic mass is 9.78. The Hall–Kier alpha value is -2.51. The Morgan fingerprint density at radius 2 is 1.66 bits per heavy atom. The van der Waals surface area contributed by atoms with Crippen LogP contribution in [0.1, 0.15) is 46.2 Å². The van der Waals surface area contributed by atoms with Gasteiger partial charge in [-0.25, -0.2) is 4.68 Å². The zero-order chi connectivity index (χ0) is 21.8. The molecule has 154 valence electrons. The lowest BCUT2D eigenvalue weighted by molar-refractivity contribution is -0.164. The third-order valence-electron chi connectivity index (χ3n) is 5.61. The first kappa shape index (κ1) is 21.2. The molecule has 1 aliphatic rings. The zero-order valence-corrected chi connectivity index (χ0v) is 16.8. The minimum Gasteiger partial charge on any atom is -0.399 e. The minimum atomic E-state index is -4.54. The summed E-state index contributed by atoms with van der Waals surface area (Å²) in [5, 5.41) is 13.4. The van der Waals surface area contributed by atoms with Crippen molar-refractivity contribution in [3.8, 4) is 17.3 Å². The second-order valence-electron chi connectivity index (χ2n) is 8.09. The second-order valence-corrected chi connectivity index (χ2v) is 8.09. The number of nitrogens with zero attached hydrogens (tertiary/aromatic N) is 3. The molecule has 1 atom stereocenters. The quantitative estimate of drug-likeness (QED) is 0.790. The lowest BCUT2D eigenvalue weighted by Gasteiger charge is -2.32. The number of anilines is 1. The van der Waals surface area contributed by atoms with Gasteiger partial charge in [0.15, 0.2) is 0 Å². The van der Waals surface area contributed by atoms with E-state index >= 15 is 0 Å². The standard InChI is InChI=1S/C19H22BF3N4O2/c1-11(19(21,22)23)27-16(25)14(10-24)15(26-27)12-6-8-13(9-7-12)20-28-17(2,3)18(4,5)29-20/h6-9,11H,25H2,1-5H3. The van der Waals surface area contributed by atoms with Crippen molar-refractivity contribution in [2.75, 3.05) is 5.73 Å². The summed E-state index contributed by atoms with van der Waals surface area (Å²) in [7, 11) is -0.572. The maximum absolute atomic E-state index is 13.1. The number of hydrogen-bond acceptors (Lipinski definition) is 5. The first-order valence-electron chi connectivity index (χ1n) is 9.09. The first-order valence-corrected chi connectivity index (χ1v) is 9.09. The molecule has 1 aromatic heterocycles. The molecule has 2 heterocycles. The van der Waals surface area contributed by atoms with Crippen molar-refractivity contribution in [1.82, 2.24) is 9.78 Å². The van der Waals surface area contributed by atoms with Crippen molar-refractivity contribution in [2.24, 2.45) is 0 Å². The Bertz CT molecular complexity index is 946. The maximum atomic E-state index is 13.1. The van der Waals surface area contributed by atoms with E-state index in [2.05, 4.69) is 5.10 Å². The van der Waals surface area contributed by atoms with Crippen LogP contribution in [-0.4, -0.2) is 34.3 Å². The molecule has 0 bridgehead atoms. The zero-order valence-electron chi connectivity index (χ0n) is 16.8. The van der Waals surface area contributed by atoms with Crippen LogP contribution in [0.25, 0.3) is 11.3 Å². The number of hydrogen-bond donors (Lipinski definition) is 1. The third kappa shape index (κ3) is 3.60. The Morgan fingerprint density at radius 3 is 2.10 bits per heavy atom. The summed E-state index contributed by atoms with van der Waals surface area (Å²) in [6, 6.07) is 6.69. The average Bonchev–Trinajstić information content (AvgIpc) is 3.06. The highest BCUT2D eigenvalue weighted by molar-refractivity contribution is 6.62. The Morgan fingerprint density at radius 1 is 1.14 bits per heavy atom. The van der Waals surface area contributed by atoms with E-state index in [0.29, 0.717) is 10.2 Å². The van der Waals surface area contributed by atoms with Crippen molar-refractivity contribution >= 4 is 18.4 Å². The summed E-state index contributed by atoms with van der Waals surface area (Å²) in [5.41, 5.74) is 6.02. The number of aromatic nitrogens is 2. The molecule has 10 heteroatoms. The molecule has 1 unspecified atom stereocenters. The van der Waals surface area contributed by atoms with E-state index in [1.54, 1.807) is 24.3 Å². The van der Waals surface area contributed by atoms with Crippen LogP contribution in [0.15, 0.2) is 24.3 Å². The van der Waals surface area contributed by atoms with Gasteiger partial charge in [-0.2, -0.15) is 23.5 Å². The molecule has 1 fully saturated rings. The predicted octanol–water partition coefficient (Wildman–Crippen LogP) is 3.43. The maximum Gasteiger partial charge on any atom is 0.494 e. The van der Waals surface area contributed by atoms with Crippen molar-refractivity contribution in [2.45, 2.75) is 58.0 Å². The number of benzene rings is 1. The molecule has 1 saturated heterocycles. The normalized spacial score (nSPS) is 19.2. The van der Waals surface area contributed by atoms with Crippen molar-refractivity contribution in [3.05, 3.63) is 29.8 Å². The second kappa shape index (κ2) is 6.78. The van der Waals surface area contributed by atoms with Gasteiger partial charge in [0.1, 0.15) is 29.2 Å². The molecule has 0 spiro atoms. The van der Waals surface area contributed by atoms with Crippen LogP contribution < -0.4 is 11.2 Å². The SMILES string of the molecule is CC(n1nc(-c2ccc(B3OC(C)(C)C(C)(C)O3)cc2)c(C#N)c1N)C(F)(F)F. The molecule has 0 saturated carbocycles. The van der Waals surface area contributed by atoms with Gasteiger partial charge in [-0.3, -0.25) is 0 Å². The molecule has 0 amide bonds. The molecule has 0 aliphatic carbocycles. The van der Waals surface area contributed by atoms with Crippen LogP contribution in [0.3, 0.4) is 0 Å². The Labute approximate surface area is 167 Å². The summed E-state index contributed by atoms with van der Waals surface area (Å²) in [6.07, 6.45) is -4.54. The van der Waals surface area contributed by atoms with Gasteiger partial charge in [0.05, 0.1) is 11.2 Å². The van der Waals surface area contributed by atoms with Crippen LogP contribution >= 0.6 is 0 Å². The van der Waals surface area contributed by atoms with Gasteiger partial charge in [-0.1, -0.05) is 24.3 Å². The molecule has 1 aromatic carbocycles. The summed E-state index contributed by atoms with van der Waals surface area (Å²) < 4.78 is 51.9. The van der Waals surface area contributed by atoms with E-state index in [-0.39, 0.29) is 17.1 Å². The molecule has 0 radical (unpaired) electrons. The van der Waals surface area contributed by atoms with Gasteiger partial charge >= 0.3 is 13.3 Å². The third-order valence-corrected chi connectivity index (χ3v) is 5.61. The Balaban J connectivity index is 1.94. The lowest BCUT2D eigenvalue weighted by Crippen LogP contribution is -2.41. The average molecular weight is 406 g/mol. The molecular formula is C19H22BF3N4O2. The highest BCUT2D eigenvalue weighted by Crippen LogP contribution is 2.37. The van der Waals surface area contributed by atoms with E-state index in [1.165, 1.54) is 0 Å². The molecule has 29 heavy (non-hydrogen) atoms. The number of halogens is 3. The topological polar surface area (TPSA) is 86.1 Å². The molecular weight excluding hydrogens is 384 g/mol. The number of rotatable bonds is 3. The summed E-state index contributed by atoms with van der Waals surface area (Å²) in [4.78, 5) is 0. The van der Waals surface area contributed by atoms with Crippen molar-refractivity contribution in [1.29, 1.82) is 5.26 Å². The summed E-state index contributed by atoms with van der Waals surface area (Å²) in [5.74, 6) is -0.317. The van der Waals surface area contributed by atoms with Gasteiger partial charge in [-0.15, -0.1) is 0 Å². The molecule has 2 aromatic rings. The van der Waals surface area contributed by atoms with Gasteiger partial charge < -0.3 is 15.0 Å². The molecule has 6 nitrogen and oxygen atoms in total. The van der Waals surface area contributed by atoms with Crippen molar-refractivity contribution in [3.63, 3.8) is 0 Å². The van der Waals surface area contributed by atoms with Gasteiger partial charge in [0.2, 0.25) is 0 Å². The summed E-state index contributed by atoms with van der Waals surface area (Å²) in [6.45, 7) is 8.71. The number of nitriles is 1. The highest BCUT2D eigenvalue weighted by Gasteiger charge is 2.51. The fraction of sp³-hybridized carbons (Fsp3) is 0.474. The van der Waals surface area contributed by atoms with Gasteiger partial charge in [-0.05, 0) is 40.1 Å². The van der Waals surface area contributed by atoms with Gasteiger partial charge in [0, 0.05) is 5.56 Å². The predicted molar refractivity (Wildman–Crippen MR) is 103 cm³/mol. The van der Waals surface area contributed by atoms with Gasteiger partial charge in [0.25, 0.3) is 0 Å². The fourth-order valence-electron chi connectivity index (χ4n) is 2.97. The van der Waals surface area contributed by atoms with E-state index in [0.717, 1.165) is 12.4 Å². The number of nitrogen functional groups attached to an aromatic ring is 1. The highest BCUT2D eigenvalue weighted by atomic mass is 19.4. The van der Waals surface area contributed by atoms with E-state index in [4.69, 9.17) is 15.0 Å². The van der Waals surface area contributed by atoms with Crippen LogP contribution in [-0.2, 0) is 9.31 Å². The van der Waals surface area contributed by atoms with E-state index in [9.17, 15) is 18.4 Å². The van der Waals surface area contributed by atoms with Crippen LogP contribution in [0.4, 0.5) is 19.0 Å².